The van der Waals surface area contributed by atoms with Crippen LogP contribution in [0.4, 0.5) is 5.69 Å². The molecule has 0 spiro atoms. The quantitative estimate of drug-likeness (QED) is 0.336. The van der Waals surface area contributed by atoms with Crippen LogP contribution in [-0.4, -0.2) is 88.5 Å². The van der Waals surface area contributed by atoms with Gasteiger partial charge in [0.1, 0.15) is 17.8 Å². The Bertz CT molecular complexity index is 1260. The molecule has 2 fully saturated rings. The standard InChI is InChI=1S/C33H49N7O4/c1-5-28(41)36-29(33(44)39-21-19-38(4)20-22-39)23(3)24-13-15-26(16-14-24)35-32(43)30(25-11-9-7-8-10-12-25)37-31(42)27-17-18-34-40(27)6-2/h13-18,23,25,29-30H,5-12,19-22H2,1-4H3,(H,35,43)(H,36,41)(H,37,42). The molecule has 3 N–H and O–H groups in total. The SMILES string of the molecule is CCC(=O)NC(C(=O)N1CCN(C)CC1)C(C)c1ccc(NC(=O)C(NC(=O)c2ccnn2CC)C2CCCCCC2)cc1. The molecule has 4 amide bonds. The predicted octanol–water partition coefficient (Wildman–Crippen LogP) is 3.38. The second-order valence-corrected chi connectivity index (χ2v) is 12.2. The van der Waals surface area contributed by atoms with Gasteiger partial charge in [0.05, 0.1) is 0 Å². The molecule has 3 atom stereocenters. The van der Waals surface area contributed by atoms with Crippen molar-refractivity contribution in [3.05, 3.63) is 47.8 Å². The van der Waals surface area contributed by atoms with Gasteiger partial charge >= 0.3 is 0 Å². The second-order valence-electron chi connectivity index (χ2n) is 12.2. The molecule has 3 unspecified atom stereocenters. The number of nitrogens with one attached hydrogen (secondary N) is 3. The van der Waals surface area contributed by atoms with E-state index in [-0.39, 0.29) is 35.5 Å². The van der Waals surface area contributed by atoms with Crippen LogP contribution in [0.1, 0.15) is 87.7 Å². The van der Waals surface area contributed by atoms with E-state index >= 15 is 0 Å². The fourth-order valence-electron chi connectivity index (χ4n) is 6.22. The molecule has 0 radical (unpaired) electrons. The fraction of sp³-hybridized carbons (Fsp3) is 0.606. The first kappa shape index (κ1) is 33.2. The number of nitrogens with zero attached hydrogens (tertiary/aromatic N) is 4. The number of likely N-dealkylation sites (N-methyl/N-ethyl adjacent to an activating group) is 1. The lowest BCUT2D eigenvalue weighted by Gasteiger charge is -2.36. The maximum atomic E-state index is 13.7. The van der Waals surface area contributed by atoms with E-state index in [9.17, 15) is 19.2 Å². The Kier molecular flexibility index (Phi) is 11.9. The van der Waals surface area contributed by atoms with Gasteiger partial charge in [-0.2, -0.15) is 5.10 Å². The number of benzene rings is 1. The highest BCUT2D eigenvalue weighted by Gasteiger charge is 2.34. The van der Waals surface area contributed by atoms with Gasteiger partial charge < -0.3 is 25.8 Å². The van der Waals surface area contributed by atoms with E-state index in [1.54, 1.807) is 23.9 Å². The Balaban J connectivity index is 1.48. The summed E-state index contributed by atoms with van der Waals surface area (Å²) in [5.74, 6) is -1.01. The number of amides is 4. The lowest BCUT2D eigenvalue weighted by atomic mass is 9.90. The van der Waals surface area contributed by atoms with Gasteiger partial charge in [0.15, 0.2) is 0 Å². The molecule has 1 aliphatic heterocycles. The molecule has 1 aliphatic carbocycles. The maximum Gasteiger partial charge on any atom is 0.270 e. The van der Waals surface area contributed by atoms with E-state index in [0.29, 0.717) is 37.4 Å². The van der Waals surface area contributed by atoms with Crippen molar-refractivity contribution in [2.75, 3.05) is 38.5 Å². The first-order chi connectivity index (χ1) is 21.2. The number of piperazine rings is 1. The molecule has 1 saturated heterocycles. The molecule has 4 rings (SSSR count). The van der Waals surface area contributed by atoms with Gasteiger partial charge in [0.2, 0.25) is 17.7 Å². The molecule has 0 bridgehead atoms. The van der Waals surface area contributed by atoms with Crippen LogP contribution in [0.5, 0.6) is 0 Å². The highest BCUT2D eigenvalue weighted by molar-refractivity contribution is 6.00. The van der Waals surface area contributed by atoms with E-state index in [0.717, 1.165) is 57.2 Å². The number of aryl methyl sites for hydroxylation is 1. The van der Waals surface area contributed by atoms with Crippen molar-refractivity contribution in [1.82, 2.24) is 30.2 Å². The third kappa shape index (κ3) is 8.46. The first-order valence-electron chi connectivity index (χ1n) is 16.2. The zero-order chi connectivity index (χ0) is 31.6. The average Bonchev–Trinajstić information content (AvgIpc) is 3.36. The van der Waals surface area contributed by atoms with E-state index in [1.165, 1.54) is 0 Å². The molecule has 11 nitrogen and oxygen atoms in total. The van der Waals surface area contributed by atoms with Crippen LogP contribution in [0, 0.1) is 5.92 Å². The van der Waals surface area contributed by atoms with Crippen molar-refractivity contribution in [3.63, 3.8) is 0 Å². The summed E-state index contributed by atoms with van der Waals surface area (Å²) in [4.78, 5) is 56.9. The Hall–Kier alpha value is -3.73. The van der Waals surface area contributed by atoms with Gasteiger partial charge in [-0.15, -0.1) is 0 Å². The van der Waals surface area contributed by atoms with Crippen LogP contribution in [0.25, 0.3) is 0 Å². The van der Waals surface area contributed by atoms with Gasteiger partial charge in [-0.3, -0.25) is 23.9 Å². The molecule has 2 aromatic rings. The van der Waals surface area contributed by atoms with E-state index < -0.39 is 12.1 Å². The largest absolute Gasteiger partial charge is 0.344 e. The Morgan fingerprint density at radius 2 is 1.57 bits per heavy atom. The molecular weight excluding hydrogens is 558 g/mol. The molecule has 1 aromatic carbocycles. The first-order valence-corrected chi connectivity index (χ1v) is 16.2. The summed E-state index contributed by atoms with van der Waals surface area (Å²) in [5.41, 5.74) is 1.93. The van der Waals surface area contributed by atoms with Crippen LogP contribution in [0.15, 0.2) is 36.5 Å². The van der Waals surface area contributed by atoms with Gasteiger partial charge in [0.25, 0.3) is 5.91 Å². The number of rotatable bonds is 11. The monoisotopic (exact) mass is 607 g/mol. The molecule has 240 valence electrons. The smallest absolute Gasteiger partial charge is 0.270 e. The summed E-state index contributed by atoms with van der Waals surface area (Å²) in [6, 6.07) is 7.74. The highest BCUT2D eigenvalue weighted by Crippen LogP contribution is 2.28. The third-order valence-electron chi connectivity index (χ3n) is 9.11. The van der Waals surface area contributed by atoms with E-state index in [4.69, 9.17) is 0 Å². The van der Waals surface area contributed by atoms with E-state index in [2.05, 4.69) is 25.9 Å². The van der Waals surface area contributed by atoms with Crippen LogP contribution >= 0.6 is 0 Å². The minimum Gasteiger partial charge on any atom is -0.344 e. The van der Waals surface area contributed by atoms with Gasteiger partial charge in [-0.1, -0.05) is 51.7 Å². The highest BCUT2D eigenvalue weighted by atomic mass is 16.2. The molecular formula is C33H49N7O4. The van der Waals surface area contributed by atoms with Crippen LogP contribution in [-0.2, 0) is 20.9 Å². The summed E-state index contributed by atoms with van der Waals surface area (Å²) >= 11 is 0. The summed E-state index contributed by atoms with van der Waals surface area (Å²) in [5, 5.41) is 13.2. The molecule has 1 saturated carbocycles. The summed E-state index contributed by atoms with van der Waals surface area (Å²) in [6.07, 6.45) is 8.00. The molecule has 11 heteroatoms. The minimum atomic E-state index is -0.683. The topological polar surface area (TPSA) is 129 Å². The summed E-state index contributed by atoms with van der Waals surface area (Å²) in [7, 11) is 2.04. The summed E-state index contributed by atoms with van der Waals surface area (Å²) < 4.78 is 1.63. The third-order valence-corrected chi connectivity index (χ3v) is 9.11. The lowest BCUT2D eigenvalue weighted by Crippen LogP contribution is -2.55. The number of anilines is 1. The predicted molar refractivity (Wildman–Crippen MR) is 170 cm³/mol. The molecule has 2 aliphatic rings. The van der Waals surface area contributed by atoms with Crippen molar-refractivity contribution in [2.24, 2.45) is 5.92 Å². The van der Waals surface area contributed by atoms with Gasteiger partial charge in [0, 0.05) is 56.9 Å². The Labute approximate surface area is 261 Å². The van der Waals surface area contributed by atoms with Gasteiger partial charge in [-0.25, -0.2) is 0 Å². The van der Waals surface area contributed by atoms with Crippen molar-refractivity contribution < 1.29 is 19.2 Å². The normalized spacial score (nSPS) is 18.5. The van der Waals surface area contributed by atoms with Crippen LogP contribution in [0.2, 0.25) is 0 Å². The van der Waals surface area contributed by atoms with Crippen molar-refractivity contribution >= 4 is 29.3 Å². The van der Waals surface area contributed by atoms with E-state index in [1.807, 2.05) is 50.1 Å². The van der Waals surface area contributed by atoms with Crippen molar-refractivity contribution in [3.8, 4) is 0 Å². The molecule has 44 heavy (non-hydrogen) atoms. The van der Waals surface area contributed by atoms with Crippen LogP contribution in [0.3, 0.4) is 0 Å². The minimum absolute atomic E-state index is 0.0438. The number of aromatic nitrogens is 2. The Morgan fingerprint density at radius 3 is 2.18 bits per heavy atom. The van der Waals surface area contributed by atoms with Crippen molar-refractivity contribution in [1.29, 1.82) is 0 Å². The Morgan fingerprint density at radius 1 is 0.909 bits per heavy atom. The molecule has 1 aromatic heterocycles. The fourth-order valence-corrected chi connectivity index (χ4v) is 6.22. The second kappa shape index (κ2) is 15.8. The number of carbonyl (C=O) groups is 4. The average molecular weight is 608 g/mol. The zero-order valence-corrected chi connectivity index (χ0v) is 26.7. The zero-order valence-electron chi connectivity index (χ0n) is 26.7. The lowest BCUT2D eigenvalue weighted by molar-refractivity contribution is -0.138. The van der Waals surface area contributed by atoms with Gasteiger partial charge in [-0.05, 0) is 56.5 Å². The summed E-state index contributed by atoms with van der Waals surface area (Å²) in [6.45, 7) is 9.06. The number of hydrogen-bond donors (Lipinski definition) is 3. The van der Waals surface area contributed by atoms with Crippen LogP contribution < -0.4 is 16.0 Å². The maximum absolute atomic E-state index is 13.7. The molecule has 2 heterocycles. The van der Waals surface area contributed by atoms with Crippen molar-refractivity contribution in [2.45, 2.75) is 90.3 Å². The number of carbonyl (C=O) groups excluding carboxylic acids is 4. The number of hydrogen-bond acceptors (Lipinski definition) is 6.